The first-order valence-electron chi connectivity index (χ1n) is 8.12. The van der Waals surface area contributed by atoms with Crippen molar-refractivity contribution in [3.05, 3.63) is 28.2 Å². The summed E-state index contributed by atoms with van der Waals surface area (Å²) in [5, 5.41) is 2.99. The van der Waals surface area contributed by atoms with Crippen LogP contribution in [0.3, 0.4) is 0 Å². The van der Waals surface area contributed by atoms with E-state index >= 15 is 0 Å². The van der Waals surface area contributed by atoms with E-state index in [2.05, 4.69) is 32.2 Å². The first kappa shape index (κ1) is 18.2. The lowest BCUT2D eigenvalue weighted by Crippen LogP contribution is -2.51. The Hall–Kier alpha value is -1.11. The SMILES string of the molecule is CCCC(C)(N)C(=O)NCc1ccc(Br)cc1N1CCOCC1. The van der Waals surface area contributed by atoms with Crippen molar-refractivity contribution < 1.29 is 9.53 Å². The molecule has 128 valence electrons. The zero-order chi connectivity index (χ0) is 16.9. The first-order chi connectivity index (χ1) is 10.9. The molecule has 1 atom stereocenters. The van der Waals surface area contributed by atoms with Gasteiger partial charge in [-0.3, -0.25) is 4.79 Å². The largest absolute Gasteiger partial charge is 0.378 e. The topological polar surface area (TPSA) is 67.6 Å². The van der Waals surface area contributed by atoms with E-state index in [1.165, 1.54) is 0 Å². The summed E-state index contributed by atoms with van der Waals surface area (Å²) < 4.78 is 6.45. The summed E-state index contributed by atoms with van der Waals surface area (Å²) in [4.78, 5) is 14.6. The molecule has 5 nitrogen and oxygen atoms in total. The molecule has 1 amide bonds. The number of nitrogens with one attached hydrogen (secondary N) is 1. The van der Waals surface area contributed by atoms with Crippen LogP contribution in [0.5, 0.6) is 0 Å². The van der Waals surface area contributed by atoms with E-state index in [9.17, 15) is 4.79 Å². The smallest absolute Gasteiger partial charge is 0.240 e. The van der Waals surface area contributed by atoms with Gasteiger partial charge in [0.25, 0.3) is 0 Å². The fraction of sp³-hybridized carbons (Fsp3) is 0.588. The summed E-state index contributed by atoms with van der Waals surface area (Å²) >= 11 is 3.53. The fourth-order valence-corrected chi connectivity index (χ4v) is 3.14. The third kappa shape index (κ3) is 4.93. The van der Waals surface area contributed by atoms with Crippen molar-refractivity contribution in [1.82, 2.24) is 5.32 Å². The average Bonchev–Trinajstić information content (AvgIpc) is 2.54. The molecule has 1 unspecified atom stereocenters. The highest BCUT2D eigenvalue weighted by Gasteiger charge is 2.27. The minimum atomic E-state index is -0.816. The number of hydrogen-bond donors (Lipinski definition) is 2. The van der Waals surface area contributed by atoms with Gasteiger partial charge in [0, 0.05) is 29.8 Å². The van der Waals surface area contributed by atoms with Crippen molar-refractivity contribution in [2.75, 3.05) is 31.2 Å². The van der Waals surface area contributed by atoms with E-state index < -0.39 is 5.54 Å². The Morgan fingerprint density at radius 2 is 2.13 bits per heavy atom. The van der Waals surface area contributed by atoms with E-state index in [4.69, 9.17) is 10.5 Å². The maximum Gasteiger partial charge on any atom is 0.240 e. The van der Waals surface area contributed by atoms with Crippen molar-refractivity contribution in [1.29, 1.82) is 0 Å². The van der Waals surface area contributed by atoms with Gasteiger partial charge >= 0.3 is 0 Å². The number of halogens is 1. The molecule has 3 N–H and O–H groups in total. The maximum absolute atomic E-state index is 12.3. The molecule has 23 heavy (non-hydrogen) atoms. The highest BCUT2D eigenvalue weighted by atomic mass is 79.9. The molecule has 1 aromatic carbocycles. The molecule has 0 aromatic heterocycles. The number of carbonyl (C=O) groups excluding carboxylic acids is 1. The highest BCUT2D eigenvalue weighted by Crippen LogP contribution is 2.26. The summed E-state index contributed by atoms with van der Waals surface area (Å²) in [7, 11) is 0. The number of carbonyl (C=O) groups is 1. The summed E-state index contributed by atoms with van der Waals surface area (Å²) in [6.45, 7) is 7.49. The lowest BCUT2D eigenvalue weighted by atomic mass is 9.96. The normalized spacial score (nSPS) is 17.7. The second kappa shape index (κ2) is 8.13. The predicted molar refractivity (Wildman–Crippen MR) is 96.5 cm³/mol. The number of morpholine rings is 1. The molecule has 6 heteroatoms. The molecule has 1 fully saturated rings. The fourth-order valence-electron chi connectivity index (χ4n) is 2.80. The van der Waals surface area contributed by atoms with Crippen LogP contribution in [0.25, 0.3) is 0 Å². The molecule has 1 aliphatic heterocycles. The minimum absolute atomic E-state index is 0.102. The van der Waals surface area contributed by atoms with Gasteiger partial charge in [0.15, 0.2) is 0 Å². The van der Waals surface area contributed by atoms with Gasteiger partial charge in [0.1, 0.15) is 0 Å². The van der Waals surface area contributed by atoms with Gasteiger partial charge in [-0.15, -0.1) is 0 Å². The molecule has 0 spiro atoms. The molecular formula is C17H26BrN3O2. The summed E-state index contributed by atoms with van der Waals surface area (Å²) in [5.41, 5.74) is 7.51. The monoisotopic (exact) mass is 383 g/mol. The Balaban J connectivity index is 2.09. The molecule has 2 rings (SSSR count). The summed E-state index contributed by atoms with van der Waals surface area (Å²) in [6.07, 6.45) is 1.56. The minimum Gasteiger partial charge on any atom is -0.378 e. The van der Waals surface area contributed by atoms with Gasteiger partial charge < -0.3 is 20.7 Å². The van der Waals surface area contributed by atoms with Crippen LogP contribution in [0.1, 0.15) is 32.3 Å². The number of nitrogens with zero attached hydrogens (tertiary/aromatic N) is 1. The third-order valence-electron chi connectivity index (χ3n) is 4.13. The zero-order valence-corrected chi connectivity index (χ0v) is 15.5. The van der Waals surface area contributed by atoms with E-state index in [0.717, 1.165) is 48.4 Å². The maximum atomic E-state index is 12.3. The Morgan fingerprint density at radius 1 is 1.43 bits per heavy atom. The second-order valence-corrected chi connectivity index (χ2v) is 7.14. The van der Waals surface area contributed by atoms with Crippen LogP contribution in [0.15, 0.2) is 22.7 Å². The standard InChI is InChI=1S/C17H26BrN3O2/c1-3-6-17(2,19)16(22)20-12-13-4-5-14(18)11-15(13)21-7-9-23-10-8-21/h4-5,11H,3,6-10,12,19H2,1-2H3,(H,20,22). The van der Waals surface area contributed by atoms with Crippen molar-refractivity contribution >= 4 is 27.5 Å². The van der Waals surface area contributed by atoms with Crippen molar-refractivity contribution in [3.63, 3.8) is 0 Å². The van der Waals surface area contributed by atoms with Crippen LogP contribution in [-0.4, -0.2) is 37.7 Å². The number of anilines is 1. The summed E-state index contributed by atoms with van der Waals surface area (Å²) in [5.74, 6) is -0.102. The molecule has 0 radical (unpaired) electrons. The van der Waals surface area contributed by atoms with Crippen LogP contribution in [-0.2, 0) is 16.1 Å². The molecule has 1 aliphatic rings. The average molecular weight is 384 g/mol. The van der Waals surface area contributed by atoms with Crippen LogP contribution < -0.4 is 16.0 Å². The summed E-state index contributed by atoms with van der Waals surface area (Å²) in [6, 6.07) is 6.14. The number of benzene rings is 1. The van der Waals surface area contributed by atoms with Crippen LogP contribution in [0, 0.1) is 0 Å². The van der Waals surface area contributed by atoms with E-state index in [0.29, 0.717) is 13.0 Å². The molecule has 1 saturated heterocycles. The number of rotatable bonds is 6. The lowest BCUT2D eigenvalue weighted by Gasteiger charge is -2.31. The van der Waals surface area contributed by atoms with Gasteiger partial charge in [-0.05, 0) is 31.0 Å². The predicted octanol–water partition coefficient (Wildman–Crippen LogP) is 2.42. The Morgan fingerprint density at radius 3 is 2.78 bits per heavy atom. The van der Waals surface area contributed by atoms with Crippen molar-refractivity contribution in [2.24, 2.45) is 5.73 Å². The lowest BCUT2D eigenvalue weighted by molar-refractivity contribution is -0.126. The Bertz CT molecular complexity index is 543. The second-order valence-electron chi connectivity index (χ2n) is 6.22. The Labute approximate surface area is 146 Å². The highest BCUT2D eigenvalue weighted by molar-refractivity contribution is 9.10. The quantitative estimate of drug-likeness (QED) is 0.791. The van der Waals surface area contributed by atoms with Crippen LogP contribution in [0.4, 0.5) is 5.69 Å². The molecule has 0 bridgehead atoms. The number of nitrogens with two attached hydrogens (primary N) is 1. The number of ether oxygens (including phenoxy) is 1. The molecule has 1 aromatic rings. The molecule has 0 saturated carbocycles. The van der Waals surface area contributed by atoms with Gasteiger partial charge in [-0.1, -0.05) is 35.3 Å². The van der Waals surface area contributed by atoms with Gasteiger partial charge in [0.05, 0.1) is 18.8 Å². The van der Waals surface area contributed by atoms with Crippen LogP contribution in [0.2, 0.25) is 0 Å². The van der Waals surface area contributed by atoms with Crippen molar-refractivity contribution in [3.8, 4) is 0 Å². The van der Waals surface area contributed by atoms with Crippen LogP contribution >= 0.6 is 15.9 Å². The first-order valence-corrected chi connectivity index (χ1v) is 8.91. The number of amides is 1. The molecule has 1 heterocycles. The van der Waals surface area contributed by atoms with Crippen molar-refractivity contribution in [2.45, 2.75) is 38.8 Å². The third-order valence-corrected chi connectivity index (χ3v) is 4.62. The molecule has 0 aliphatic carbocycles. The number of hydrogen-bond acceptors (Lipinski definition) is 4. The van der Waals surface area contributed by atoms with Gasteiger partial charge in [-0.2, -0.15) is 0 Å². The van der Waals surface area contributed by atoms with E-state index in [-0.39, 0.29) is 5.91 Å². The zero-order valence-electron chi connectivity index (χ0n) is 13.9. The van der Waals surface area contributed by atoms with E-state index in [1.54, 1.807) is 6.92 Å². The van der Waals surface area contributed by atoms with Gasteiger partial charge in [0.2, 0.25) is 5.91 Å². The van der Waals surface area contributed by atoms with Gasteiger partial charge in [-0.25, -0.2) is 0 Å². The van der Waals surface area contributed by atoms with E-state index in [1.807, 2.05) is 19.1 Å². The Kier molecular flexibility index (Phi) is 6.44. The molecular weight excluding hydrogens is 358 g/mol.